The van der Waals surface area contributed by atoms with Crippen molar-refractivity contribution in [3.63, 3.8) is 0 Å². The normalized spacial score (nSPS) is 14.5. The zero-order chi connectivity index (χ0) is 65.9. The first kappa shape index (κ1) is 87.1. The minimum Gasteiger partial charge on any atom is -0.462 e. The van der Waals surface area contributed by atoms with Crippen LogP contribution in [0.4, 0.5) is 0 Å². The van der Waals surface area contributed by atoms with Crippen molar-refractivity contribution >= 4 is 39.5 Å². The van der Waals surface area contributed by atoms with Crippen LogP contribution in [0.1, 0.15) is 350 Å². The topological polar surface area (TPSA) is 237 Å². The van der Waals surface area contributed by atoms with Crippen LogP contribution in [0, 0.1) is 17.8 Å². The van der Waals surface area contributed by atoms with Gasteiger partial charge in [0.1, 0.15) is 19.3 Å². The molecule has 19 heteroatoms. The van der Waals surface area contributed by atoms with E-state index in [1.807, 2.05) is 0 Å². The van der Waals surface area contributed by atoms with E-state index in [0.29, 0.717) is 31.6 Å². The van der Waals surface area contributed by atoms with Crippen molar-refractivity contribution in [2.24, 2.45) is 17.8 Å². The number of carbonyl (C=O) groups is 4. The van der Waals surface area contributed by atoms with Crippen LogP contribution in [0.3, 0.4) is 0 Å². The first-order chi connectivity index (χ1) is 42.8. The van der Waals surface area contributed by atoms with E-state index in [1.54, 1.807) is 0 Å². The number of aliphatic hydroxyl groups is 1. The maximum Gasteiger partial charge on any atom is 0.472 e. The van der Waals surface area contributed by atoms with Gasteiger partial charge >= 0.3 is 39.5 Å². The van der Waals surface area contributed by atoms with Crippen LogP contribution in [0.15, 0.2) is 0 Å². The third-order valence-corrected chi connectivity index (χ3v) is 18.4. The average Bonchev–Trinajstić information content (AvgIpc) is 3.69. The summed E-state index contributed by atoms with van der Waals surface area (Å²) in [6, 6.07) is 0. The predicted octanol–water partition coefficient (Wildman–Crippen LogP) is 19.8. The van der Waals surface area contributed by atoms with Crippen molar-refractivity contribution in [2.45, 2.75) is 369 Å². The van der Waals surface area contributed by atoms with Gasteiger partial charge in [0.2, 0.25) is 0 Å². The molecule has 0 aliphatic heterocycles. The molecule has 0 aromatic carbocycles. The Morgan fingerprint density at radius 3 is 0.854 bits per heavy atom. The molecule has 0 spiro atoms. The SMILES string of the molecule is CCCCCCCCCCCC(=O)OC[C@H](COP(=O)(O)OC[C@H](O)COP(=O)(O)OC[C@@H](COC(=O)CCCCCCCCCCCCC(C)CC)OC(=O)CCCCCCCCCCCCCCCC(C)C)OC(=O)CCCCCCCCCC(C)C. The first-order valence-corrected chi connectivity index (χ1v) is 39.4. The Morgan fingerprint density at radius 2 is 0.573 bits per heavy atom. The van der Waals surface area contributed by atoms with E-state index in [9.17, 15) is 43.2 Å². The molecule has 0 rings (SSSR count). The monoisotopic (exact) mass is 1310 g/mol. The summed E-state index contributed by atoms with van der Waals surface area (Å²) in [4.78, 5) is 72.5. The third-order valence-electron chi connectivity index (χ3n) is 16.5. The summed E-state index contributed by atoms with van der Waals surface area (Å²) in [7, 11) is -9.90. The largest absolute Gasteiger partial charge is 0.472 e. The predicted molar refractivity (Wildman–Crippen MR) is 358 cm³/mol. The highest BCUT2D eigenvalue weighted by atomic mass is 31.2. The summed E-state index contributed by atoms with van der Waals surface area (Å²) in [5.41, 5.74) is 0. The molecule has 89 heavy (non-hydrogen) atoms. The van der Waals surface area contributed by atoms with E-state index < -0.39 is 97.5 Å². The molecule has 0 amide bonds. The number of esters is 4. The molecule has 3 unspecified atom stereocenters. The molecule has 528 valence electrons. The van der Waals surface area contributed by atoms with Crippen molar-refractivity contribution in [3.05, 3.63) is 0 Å². The van der Waals surface area contributed by atoms with Crippen LogP contribution in [0.2, 0.25) is 0 Å². The third kappa shape index (κ3) is 63.2. The number of phosphoric ester groups is 2. The number of ether oxygens (including phenoxy) is 4. The second-order valence-electron chi connectivity index (χ2n) is 26.5. The minimum atomic E-state index is -4.95. The summed E-state index contributed by atoms with van der Waals surface area (Å²) >= 11 is 0. The minimum absolute atomic E-state index is 0.103. The zero-order valence-electron chi connectivity index (χ0n) is 57.9. The molecule has 0 aliphatic rings. The number of unbranched alkanes of at least 4 members (excludes halogenated alkanes) is 35. The Labute approximate surface area is 543 Å². The average molecular weight is 1310 g/mol. The van der Waals surface area contributed by atoms with Crippen molar-refractivity contribution in [3.8, 4) is 0 Å². The van der Waals surface area contributed by atoms with Crippen LogP contribution >= 0.6 is 15.6 Å². The molecule has 0 saturated heterocycles. The van der Waals surface area contributed by atoms with Crippen molar-refractivity contribution in [2.75, 3.05) is 39.6 Å². The Kier molecular flexibility index (Phi) is 59.6. The molecular weight excluding hydrogens is 1170 g/mol. The molecule has 0 radical (unpaired) electrons. The van der Waals surface area contributed by atoms with Gasteiger partial charge in [-0.3, -0.25) is 37.3 Å². The van der Waals surface area contributed by atoms with Gasteiger partial charge in [-0.15, -0.1) is 0 Å². The molecule has 3 N–H and O–H groups in total. The fourth-order valence-corrected chi connectivity index (χ4v) is 12.1. The molecule has 0 aliphatic carbocycles. The maximum atomic E-state index is 13.0. The van der Waals surface area contributed by atoms with Gasteiger partial charge in [0.05, 0.1) is 26.4 Å². The Bertz CT molecular complexity index is 1750. The second-order valence-corrected chi connectivity index (χ2v) is 29.4. The Morgan fingerprint density at radius 1 is 0.326 bits per heavy atom. The molecule has 6 atom stereocenters. The quantitative estimate of drug-likeness (QED) is 0.0222. The van der Waals surface area contributed by atoms with E-state index in [4.69, 9.17) is 37.0 Å². The highest BCUT2D eigenvalue weighted by molar-refractivity contribution is 7.47. The van der Waals surface area contributed by atoms with Gasteiger partial charge in [-0.25, -0.2) is 9.13 Å². The highest BCUT2D eigenvalue weighted by Gasteiger charge is 2.30. The van der Waals surface area contributed by atoms with Gasteiger partial charge in [0.25, 0.3) is 0 Å². The summed E-state index contributed by atoms with van der Waals surface area (Å²) in [5.74, 6) is 0.163. The smallest absolute Gasteiger partial charge is 0.462 e. The summed E-state index contributed by atoms with van der Waals surface area (Å²) < 4.78 is 68.2. The first-order valence-electron chi connectivity index (χ1n) is 36.4. The lowest BCUT2D eigenvalue weighted by Crippen LogP contribution is -2.30. The van der Waals surface area contributed by atoms with Gasteiger partial charge in [0.15, 0.2) is 12.2 Å². The number of phosphoric acid groups is 2. The van der Waals surface area contributed by atoms with Gasteiger partial charge in [-0.1, -0.05) is 299 Å². The highest BCUT2D eigenvalue weighted by Crippen LogP contribution is 2.45. The molecule has 0 fully saturated rings. The van der Waals surface area contributed by atoms with Crippen LogP contribution in [-0.2, 0) is 65.4 Å². The maximum absolute atomic E-state index is 13.0. The van der Waals surface area contributed by atoms with Gasteiger partial charge < -0.3 is 33.8 Å². The number of carbonyl (C=O) groups excluding carboxylic acids is 4. The lowest BCUT2D eigenvalue weighted by molar-refractivity contribution is -0.161. The van der Waals surface area contributed by atoms with Gasteiger partial charge in [-0.2, -0.15) is 0 Å². The molecule has 17 nitrogen and oxygen atoms in total. The van der Waals surface area contributed by atoms with Crippen LogP contribution in [0.5, 0.6) is 0 Å². The van der Waals surface area contributed by atoms with Gasteiger partial charge in [-0.05, 0) is 43.4 Å². The van der Waals surface area contributed by atoms with Gasteiger partial charge in [0, 0.05) is 25.7 Å². The van der Waals surface area contributed by atoms with E-state index >= 15 is 0 Å². The Hall–Kier alpha value is -1.94. The molecule has 0 saturated carbocycles. The summed E-state index contributed by atoms with van der Waals surface area (Å²) in [6.45, 7) is 11.8. The van der Waals surface area contributed by atoms with Crippen molar-refractivity contribution in [1.82, 2.24) is 0 Å². The number of hydrogen-bond acceptors (Lipinski definition) is 15. The Balaban J connectivity index is 5.24. The lowest BCUT2D eigenvalue weighted by Gasteiger charge is -2.21. The lowest BCUT2D eigenvalue weighted by atomic mass is 9.99. The van der Waals surface area contributed by atoms with E-state index in [2.05, 4.69) is 48.5 Å². The second kappa shape index (κ2) is 61.0. The number of rotatable bonds is 68. The fraction of sp³-hybridized carbons (Fsp3) is 0.943. The van der Waals surface area contributed by atoms with E-state index in [0.717, 1.165) is 102 Å². The van der Waals surface area contributed by atoms with Crippen LogP contribution in [0.25, 0.3) is 0 Å². The van der Waals surface area contributed by atoms with Crippen molar-refractivity contribution < 1.29 is 80.2 Å². The number of hydrogen-bond donors (Lipinski definition) is 3. The number of aliphatic hydroxyl groups excluding tert-OH is 1. The molecule has 0 bridgehead atoms. The van der Waals surface area contributed by atoms with E-state index in [1.165, 1.54) is 161 Å². The summed E-state index contributed by atoms with van der Waals surface area (Å²) in [5, 5.41) is 10.6. The molecule has 0 heterocycles. The van der Waals surface area contributed by atoms with E-state index in [-0.39, 0.29) is 25.7 Å². The molecular formula is C70H136O17P2. The molecule has 0 aromatic rings. The standard InChI is InChI=1S/C70H136O17P2/c1-8-10-11-12-13-21-30-37-44-51-67(72)80-58-66(87-70(75)54-47-40-33-26-28-35-42-49-62(5)6)60-85-89(78,79)83-56-64(71)55-82-88(76,77)84-59-65(57-81-68(73)52-45-38-31-24-20-19-23-29-36-43-50-63(7)9-2)86-69(74)53-46-39-32-25-18-16-14-15-17-22-27-34-41-48-61(3)4/h61-66,71H,8-60H2,1-7H3,(H,76,77)(H,78,79)/t63?,64-,65-,66-/m1/s1. The van der Waals surface area contributed by atoms with Crippen LogP contribution < -0.4 is 0 Å². The van der Waals surface area contributed by atoms with Crippen LogP contribution in [-0.4, -0.2) is 96.7 Å². The fourth-order valence-electron chi connectivity index (χ4n) is 10.5. The zero-order valence-corrected chi connectivity index (χ0v) is 59.7. The van der Waals surface area contributed by atoms with Crippen molar-refractivity contribution in [1.29, 1.82) is 0 Å². The molecule has 0 aromatic heterocycles. The summed E-state index contributed by atoms with van der Waals surface area (Å²) in [6.07, 6.45) is 44.4.